The summed E-state index contributed by atoms with van der Waals surface area (Å²) in [6.45, 7) is 0.406. The monoisotopic (exact) mass is 295 g/mol. The SMILES string of the molecule is CNN([O-])CC1(N)CCC1.O=Cc1cccs1.[K+]. The summed E-state index contributed by atoms with van der Waals surface area (Å²) in [6, 6.07) is 3.64. The molecule has 5 nitrogen and oxygen atoms in total. The molecule has 0 aliphatic heterocycles. The molecular formula is C11H18KN3O2S. The first-order valence-electron chi connectivity index (χ1n) is 5.49. The first kappa shape index (κ1) is 18.8. The molecule has 3 N–H and O–H groups in total. The van der Waals surface area contributed by atoms with Crippen LogP contribution in [0.5, 0.6) is 0 Å². The minimum Gasteiger partial charge on any atom is -0.772 e. The molecule has 2 rings (SSSR count). The van der Waals surface area contributed by atoms with Crippen molar-refractivity contribution >= 4 is 17.6 Å². The maximum absolute atomic E-state index is 10.7. The maximum atomic E-state index is 10.7. The van der Waals surface area contributed by atoms with Gasteiger partial charge < -0.3 is 16.1 Å². The first-order valence-corrected chi connectivity index (χ1v) is 6.37. The summed E-state index contributed by atoms with van der Waals surface area (Å²) in [7, 11) is 1.61. The molecule has 1 saturated carbocycles. The molecule has 96 valence electrons. The molecule has 1 aliphatic rings. The molecule has 7 heteroatoms. The van der Waals surface area contributed by atoms with E-state index in [0.717, 1.165) is 35.6 Å². The van der Waals surface area contributed by atoms with E-state index in [1.165, 1.54) is 11.3 Å². The van der Waals surface area contributed by atoms with E-state index in [-0.39, 0.29) is 56.9 Å². The quantitative estimate of drug-likeness (QED) is 0.396. The second-order valence-electron chi connectivity index (χ2n) is 4.11. The van der Waals surface area contributed by atoms with Crippen molar-refractivity contribution in [2.75, 3.05) is 13.6 Å². The molecule has 0 radical (unpaired) electrons. The number of hydroxylamine groups is 1. The number of nitrogens with zero attached hydrogens (tertiary/aromatic N) is 1. The summed E-state index contributed by atoms with van der Waals surface area (Å²) in [4.78, 5) is 10.7. The third-order valence-corrected chi connectivity index (χ3v) is 3.51. The van der Waals surface area contributed by atoms with Gasteiger partial charge in [0.1, 0.15) is 0 Å². The van der Waals surface area contributed by atoms with Gasteiger partial charge in [0, 0.05) is 12.1 Å². The van der Waals surface area contributed by atoms with E-state index in [1.807, 2.05) is 11.4 Å². The molecule has 1 heterocycles. The van der Waals surface area contributed by atoms with E-state index >= 15 is 0 Å². The van der Waals surface area contributed by atoms with Gasteiger partial charge in [0.15, 0.2) is 6.29 Å². The van der Waals surface area contributed by atoms with Crippen LogP contribution in [0.4, 0.5) is 0 Å². The van der Waals surface area contributed by atoms with Crippen LogP contribution in [0, 0.1) is 5.21 Å². The number of hydrogen-bond acceptors (Lipinski definition) is 6. The Balaban J connectivity index is 0.000000321. The Kier molecular flexibility index (Phi) is 10.2. The molecule has 0 aromatic carbocycles. The zero-order chi connectivity index (χ0) is 12.7. The zero-order valence-corrected chi connectivity index (χ0v) is 14.8. The van der Waals surface area contributed by atoms with Gasteiger partial charge in [-0.3, -0.25) is 10.2 Å². The number of nitrogens with two attached hydrogens (primary N) is 1. The Morgan fingerprint density at radius 3 is 2.61 bits per heavy atom. The molecule has 0 spiro atoms. The third-order valence-electron chi connectivity index (χ3n) is 2.72. The number of thiophene rings is 1. The van der Waals surface area contributed by atoms with Crippen molar-refractivity contribution in [3.05, 3.63) is 27.6 Å². The molecule has 1 fully saturated rings. The van der Waals surface area contributed by atoms with E-state index in [0.29, 0.717) is 6.54 Å². The van der Waals surface area contributed by atoms with Gasteiger partial charge in [0.05, 0.1) is 4.88 Å². The Bertz CT molecular complexity index is 331. The second kappa shape index (κ2) is 9.70. The van der Waals surface area contributed by atoms with Crippen LogP contribution in [0.3, 0.4) is 0 Å². The molecule has 1 aliphatic carbocycles. The minimum atomic E-state index is -0.204. The van der Waals surface area contributed by atoms with Gasteiger partial charge in [-0.1, -0.05) is 6.07 Å². The molecule has 1 aromatic heterocycles. The van der Waals surface area contributed by atoms with E-state index in [1.54, 1.807) is 13.1 Å². The Hall–Kier alpha value is 0.846. The molecule has 0 atom stereocenters. The molecule has 0 bridgehead atoms. The van der Waals surface area contributed by atoms with Gasteiger partial charge >= 0.3 is 51.4 Å². The first-order chi connectivity index (χ1) is 8.09. The van der Waals surface area contributed by atoms with Crippen molar-refractivity contribution in [3.8, 4) is 0 Å². The summed E-state index contributed by atoms with van der Waals surface area (Å²) in [5.41, 5.74) is 8.08. The van der Waals surface area contributed by atoms with Gasteiger partial charge in [-0.2, -0.15) is 0 Å². The van der Waals surface area contributed by atoms with Crippen molar-refractivity contribution in [1.82, 2.24) is 10.6 Å². The smallest absolute Gasteiger partial charge is 0.772 e. The van der Waals surface area contributed by atoms with Crippen molar-refractivity contribution in [3.63, 3.8) is 0 Å². The van der Waals surface area contributed by atoms with Crippen molar-refractivity contribution in [1.29, 1.82) is 0 Å². The second-order valence-corrected chi connectivity index (χ2v) is 5.09. The van der Waals surface area contributed by atoms with Crippen LogP contribution in [0.15, 0.2) is 17.5 Å². The number of rotatable bonds is 4. The van der Waals surface area contributed by atoms with Gasteiger partial charge in [-0.15, -0.1) is 11.3 Å². The minimum absolute atomic E-state index is 0. The van der Waals surface area contributed by atoms with Crippen LogP contribution in [-0.4, -0.2) is 30.6 Å². The number of aldehydes is 1. The Morgan fingerprint density at radius 1 is 1.67 bits per heavy atom. The zero-order valence-electron chi connectivity index (χ0n) is 10.9. The summed E-state index contributed by atoms with van der Waals surface area (Å²) < 4.78 is 0. The topological polar surface area (TPSA) is 81.4 Å². The summed E-state index contributed by atoms with van der Waals surface area (Å²) >= 11 is 1.45. The number of carbonyl (C=O) groups excluding carboxylic acids is 1. The van der Waals surface area contributed by atoms with Crippen molar-refractivity contribution < 1.29 is 56.2 Å². The summed E-state index contributed by atoms with van der Waals surface area (Å²) in [6.07, 6.45) is 3.97. The van der Waals surface area contributed by atoms with E-state index in [2.05, 4.69) is 5.43 Å². The van der Waals surface area contributed by atoms with Gasteiger partial charge in [0.2, 0.25) is 0 Å². The Labute approximate surface area is 154 Å². The molecule has 0 saturated heterocycles. The predicted molar refractivity (Wildman–Crippen MR) is 69.6 cm³/mol. The van der Waals surface area contributed by atoms with Crippen molar-refractivity contribution in [2.45, 2.75) is 24.8 Å². The molecule has 0 amide bonds. The molecule has 0 unspecified atom stereocenters. The molecule has 18 heavy (non-hydrogen) atoms. The van der Waals surface area contributed by atoms with Crippen LogP contribution in [-0.2, 0) is 0 Å². The van der Waals surface area contributed by atoms with Gasteiger partial charge in [-0.25, -0.2) is 0 Å². The predicted octanol–water partition coefficient (Wildman–Crippen LogP) is -1.63. The van der Waals surface area contributed by atoms with Crippen LogP contribution in [0.1, 0.15) is 28.9 Å². The van der Waals surface area contributed by atoms with Crippen LogP contribution in [0.25, 0.3) is 0 Å². The van der Waals surface area contributed by atoms with Crippen LogP contribution >= 0.6 is 11.3 Å². The fourth-order valence-electron chi connectivity index (χ4n) is 1.51. The standard InChI is InChI=1S/C6H14N3O.C5H4OS.K/c1-8-9(10)5-6(7)3-2-4-6;6-4-5-2-1-3-7-5;/h8H,2-5,7H2,1H3;1-4H;/q-1;;+1. The number of hydrazine groups is 1. The maximum Gasteiger partial charge on any atom is 1.00 e. The largest absolute Gasteiger partial charge is 1.00 e. The van der Waals surface area contributed by atoms with E-state index < -0.39 is 0 Å². The van der Waals surface area contributed by atoms with Crippen LogP contribution in [0.2, 0.25) is 0 Å². The Morgan fingerprint density at radius 2 is 2.33 bits per heavy atom. The fourth-order valence-corrected chi connectivity index (χ4v) is 2.04. The van der Waals surface area contributed by atoms with E-state index in [9.17, 15) is 10.0 Å². The number of hydrogen-bond donors (Lipinski definition) is 2. The summed E-state index contributed by atoms with van der Waals surface area (Å²) in [5.74, 6) is 0. The fraction of sp³-hybridized carbons (Fsp3) is 0.545. The average molecular weight is 295 g/mol. The summed E-state index contributed by atoms with van der Waals surface area (Å²) in [5, 5.41) is 13.4. The van der Waals surface area contributed by atoms with Crippen LogP contribution < -0.4 is 62.5 Å². The average Bonchev–Trinajstić information content (AvgIpc) is 2.80. The van der Waals surface area contributed by atoms with Gasteiger partial charge in [-0.05, 0) is 37.8 Å². The van der Waals surface area contributed by atoms with E-state index in [4.69, 9.17) is 5.73 Å². The van der Waals surface area contributed by atoms with Crippen molar-refractivity contribution in [2.24, 2.45) is 5.73 Å². The van der Waals surface area contributed by atoms with Gasteiger partial charge in [0.25, 0.3) is 0 Å². The normalized spacial score (nSPS) is 16.0. The molecule has 1 aromatic rings. The number of nitrogens with one attached hydrogen (secondary N) is 1. The third kappa shape index (κ3) is 6.85. The molecular weight excluding hydrogens is 277 g/mol. The number of carbonyl (C=O) groups is 1.